The summed E-state index contributed by atoms with van der Waals surface area (Å²) in [5.41, 5.74) is 1.22. The highest BCUT2D eigenvalue weighted by Gasteiger charge is 2.25. The van der Waals surface area contributed by atoms with E-state index in [4.69, 9.17) is 4.74 Å². The topological polar surface area (TPSA) is 75.7 Å². The summed E-state index contributed by atoms with van der Waals surface area (Å²) in [6.07, 6.45) is 3.36. The second kappa shape index (κ2) is 11.5. The minimum absolute atomic E-state index is 0.00816. The van der Waals surface area contributed by atoms with Crippen molar-refractivity contribution in [1.29, 1.82) is 0 Å². The Morgan fingerprint density at radius 1 is 1.03 bits per heavy atom. The standard InChI is InChI=1S/C23H30N2O4S2/c1-19-5-9-21(10-6-19)30-18-13-23(26)24-14-17-29-20-7-11-22(12-8-20)31(27,28)25-15-3-2-4-16-25/h5-12H,2-4,13-18H2,1H3,(H,24,26). The number of sulfonamides is 1. The predicted molar refractivity (Wildman–Crippen MR) is 124 cm³/mol. The molecule has 0 unspecified atom stereocenters. The van der Waals surface area contributed by atoms with E-state index in [0.29, 0.717) is 43.3 Å². The molecule has 0 aromatic heterocycles. The number of benzene rings is 2. The summed E-state index contributed by atoms with van der Waals surface area (Å²) in [5.74, 6) is 1.30. The van der Waals surface area contributed by atoms with Crippen LogP contribution in [-0.4, -0.2) is 50.6 Å². The van der Waals surface area contributed by atoms with Gasteiger partial charge in [-0.15, -0.1) is 11.8 Å². The molecule has 0 saturated carbocycles. The molecule has 1 N–H and O–H groups in total. The van der Waals surface area contributed by atoms with E-state index in [9.17, 15) is 13.2 Å². The van der Waals surface area contributed by atoms with E-state index < -0.39 is 10.0 Å². The Morgan fingerprint density at radius 3 is 2.39 bits per heavy atom. The quantitative estimate of drug-likeness (QED) is 0.429. The number of aryl methyl sites for hydroxylation is 1. The Morgan fingerprint density at radius 2 is 1.71 bits per heavy atom. The van der Waals surface area contributed by atoms with E-state index in [-0.39, 0.29) is 5.91 Å². The fourth-order valence-corrected chi connectivity index (χ4v) is 5.67. The van der Waals surface area contributed by atoms with Gasteiger partial charge in [0.25, 0.3) is 0 Å². The van der Waals surface area contributed by atoms with Crippen LogP contribution < -0.4 is 10.1 Å². The summed E-state index contributed by atoms with van der Waals surface area (Å²) >= 11 is 1.66. The molecule has 1 amide bonds. The zero-order valence-electron chi connectivity index (χ0n) is 17.9. The van der Waals surface area contributed by atoms with Gasteiger partial charge in [-0.2, -0.15) is 4.31 Å². The molecule has 31 heavy (non-hydrogen) atoms. The third-order valence-electron chi connectivity index (χ3n) is 5.09. The summed E-state index contributed by atoms with van der Waals surface area (Å²) in [4.78, 5) is 13.4. The van der Waals surface area contributed by atoms with Crippen LogP contribution in [0.5, 0.6) is 5.75 Å². The van der Waals surface area contributed by atoms with Crippen molar-refractivity contribution in [1.82, 2.24) is 9.62 Å². The number of nitrogens with zero attached hydrogens (tertiary/aromatic N) is 1. The number of hydrogen-bond donors (Lipinski definition) is 1. The van der Waals surface area contributed by atoms with Gasteiger partial charge in [-0.25, -0.2) is 8.42 Å². The molecule has 1 fully saturated rings. The molecule has 2 aromatic rings. The van der Waals surface area contributed by atoms with Crippen molar-refractivity contribution in [3.8, 4) is 5.75 Å². The Kier molecular flexibility index (Phi) is 8.80. The molecule has 3 rings (SSSR count). The fraction of sp³-hybridized carbons (Fsp3) is 0.435. The van der Waals surface area contributed by atoms with Gasteiger partial charge >= 0.3 is 0 Å². The Bertz CT molecular complexity index is 939. The van der Waals surface area contributed by atoms with Gasteiger partial charge in [-0.3, -0.25) is 4.79 Å². The van der Waals surface area contributed by atoms with Crippen LogP contribution >= 0.6 is 11.8 Å². The predicted octanol–water partition coefficient (Wildman–Crippen LogP) is 3.85. The van der Waals surface area contributed by atoms with Crippen LogP contribution in [0.25, 0.3) is 0 Å². The second-order valence-electron chi connectivity index (χ2n) is 7.55. The van der Waals surface area contributed by atoms with Gasteiger partial charge in [0.15, 0.2) is 0 Å². The smallest absolute Gasteiger partial charge is 0.243 e. The summed E-state index contributed by atoms with van der Waals surface area (Å²) in [7, 11) is -3.43. The first-order valence-corrected chi connectivity index (χ1v) is 13.1. The maximum atomic E-state index is 12.7. The molecular weight excluding hydrogens is 432 g/mol. The van der Waals surface area contributed by atoms with E-state index in [1.807, 2.05) is 0 Å². The van der Waals surface area contributed by atoms with Crippen LogP contribution in [0.3, 0.4) is 0 Å². The molecule has 1 aliphatic rings. The number of nitrogens with one attached hydrogen (secondary N) is 1. The van der Waals surface area contributed by atoms with Gasteiger partial charge in [-0.1, -0.05) is 24.1 Å². The highest BCUT2D eigenvalue weighted by Crippen LogP contribution is 2.22. The van der Waals surface area contributed by atoms with E-state index in [0.717, 1.165) is 29.9 Å². The molecule has 168 valence electrons. The van der Waals surface area contributed by atoms with Crippen molar-refractivity contribution in [2.45, 2.75) is 42.4 Å². The molecule has 6 nitrogen and oxygen atoms in total. The number of ether oxygens (including phenoxy) is 1. The number of hydrogen-bond acceptors (Lipinski definition) is 5. The molecule has 0 bridgehead atoms. The maximum absolute atomic E-state index is 12.7. The monoisotopic (exact) mass is 462 g/mol. The van der Waals surface area contributed by atoms with Crippen molar-refractivity contribution in [3.63, 3.8) is 0 Å². The summed E-state index contributed by atoms with van der Waals surface area (Å²) in [6, 6.07) is 14.8. The van der Waals surface area contributed by atoms with Crippen LogP contribution in [-0.2, 0) is 14.8 Å². The van der Waals surface area contributed by atoms with Crippen LogP contribution in [0.4, 0.5) is 0 Å². The van der Waals surface area contributed by atoms with Gasteiger partial charge in [-0.05, 0) is 56.2 Å². The third kappa shape index (κ3) is 7.26. The van der Waals surface area contributed by atoms with Gasteiger partial charge in [0.05, 0.1) is 11.4 Å². The molecule has 0 radical (unpaired) electrons. The minimum Gasteiger partial charge on any atom is -0.492 e. The zero-order chi connectivity index (χ0) is 22.1. The average Bonchev–Trinajstić information content (AvgIpc) is 2.79. The number of carbonyl (C=O) groups excluding carboxylic acids is 1. The first-order chi connectivity index (χ1) is 14.9. The molecule has 0 atom stereocenters. The molecule has 2 aromatic carbocycles. The number of amides is 1. The Hall–Kier alpha value is -2.03. The lowest BCUT2D eigenvalue weighted by Gasteiger charge is -2.25. The lowest BCUT2D eigenvalue weighted by Crippen LogP contribution is -2.35. The van der Waals surface area contributed by atoms with Crippen molar-refractivity contribution in [2.24, 2.45) is 0 Å². The van der Waals surface area contributed by atoms with Crippen LogP contribution in [0.15, 0.2) is 58.3 Å². The fourth-order valence-electron chi connectivity index (χ4n) is 3.31. The van der Waals surface area contributed by atoms with Crippen molar-refractivity contribution < 1.29 is 17.9 Å². The Balaban J connectivity index is 1.34. The SMILES string of the molecule is Cc1ccc(SCCC(=O)NCCOc2ccc(S(=O)(=O)N3CCCCC3)cc2)cc1. The maximum Gasteiger partial charge on any atom is 0.243 e. The molecule has 1 aliphatic heterocycles. The largest absolute Gasteiger partial charge is 0.492 e. The van der Waals surface area contributed by atoms with Gasteiger partial charge in [0.1, 0.15) is 12.4 Å². The highest BCUT2D eigenvalue weighted by atomic mass is 32.2. The number of carbonyl (C=O) groups is 1. The van der Waals surface area contributed by atoms with Crippen LogP contribution in [0.1, 0.15) is 31.2 Å². The average molecular weight is 463 g/mol. The third-order valence-corrected chi connectivity index (χ3v) is 8.01. The van der Waals surface area contributed by atoms with Gasteiger partial charge in [0.2, 0.25) is 15.9 Å². The molecule has 0 aliphatic carbocycles. The zero-order valence-corrected chi connectivity index (χ0v) is 19.5. The number of rotatable bonds is 10. The lowest BCUT2D eigenvalue weighted by molar-refractivity contribution is -0.120. The van der Waals surface area contributed by atoms with Crippen LogP contribution in [0, 0.1) is 6.92 Å². The van der Waals surface area contributed by atoms with Gasteiger partial charge in [0, 0.05) is 30.2 Å². The molecule has 1 saturated heterocycles. The van der Waals surface area contributed by atoms with Crippen molar-refractivity contribution in [2.75, 3.05) is 32.0 Å². The minimum atomic E-state index is -3.43. The van der Waals surface area contributed by atoms with Crippen LogP contribution in [0.2, 0.25) is 0 Å². The van der Waals surface area contributed by atoms with E-state index >= 15 is 0 Å². The Labute approximate surface area is 189 Å². The van der Waals surface area contributed by atoms with Crippen molar-refractivity contribution in [3.05, 3.63) is 54.1 Å². The molecule has 8 heteroatoms. The number of thioether (sulfide) groups is 1. The highest BCUT2D eigenvalue weighted by molar-refractivity contribution is 7.99. The molecule has 1 heterocycles. The lowest BCUT2D eigenvalue weighted by atomic mass is 10.2. The van der Waals surface area contributed by atoms with E-state index in [1.54, 1.807) is 40.3 Å². The van der Waals surface area contributed by atoms with E-state index in [2.05, 4.69) is 36.5 Å². The first kappa shape index (κ1) is 23.6. The summed E-state index contributed by atoms with van der Waals surface area (Å²) < 4.78 is 32.5. The summed E-state index contributed by atoms with van der Waals surface area (Å²) in [6.45, 7) is 3.96. The summed E-state index contributed by atoms with van der Waals surface area (Å²) in [5, 5.41) is 2.85. The first-order valence-electron chi connectivity index (χ1n) is 10.6. The molecule has 0 spiro atoms. The normalized spacial score (nSPS) is 14.9. The molecular formula is C23H30N2O4S2. The second-order valence-corrected chi connectivity index (χ2v) is 10.7. The van der Waals surface area contributed by atoms with Crippen molar-refractivity contribution >= 4 is 27.7 Å². The number of piperidine rings is 1. The van der Waals surface area contributed by atoms with E-state index in [1.165, 1.54) is 5.56 Å². The van der Waals surface area contributed by atoms with Gasteiger partial charge < -0.3 is 10.1 Å².